The first kappa shape index (κ1) is 18.7. The Kier molecular flexibility index (Phi) is 5.00. The van der Waals surface area contributed by atoms with E-state index in [0.717, 1.165) is 6.07 Å². The Morgan fingerprint density at radius 2 is 2.17 bits per heavy atom. The number of hydrogen-bond donors (Lipinski definition) is 2. The molecule has 0 fully saturated rings. The summed E-state index contributed by atoms with van der Waals surface area (Å²) in [4.78, 5) is 39.7. The SMILES string of the molecule is CC(NC(=O)c1cc(F)cc2c1OCOC2)c1nc(-c2ccncn2)cc(=O)[nH]1. The largest absolute Gasteiger partial charge is 0.466 e. The van der Waals surface area contributed by atoms with Gasteiger partial charge in [-0.25, -0.2) is 19.3 Å². The van der Waals surface area contributed by atoms with E-state index >= 15 is 0 Å². The fourth-order valence-corrected chi connectivity index (χ4v) is 2.95. The molecule has 1 atom stereocenters. The van der Waals surface area contributed by atoms with E-state index in [1.807, 2.05) is 0 Å². The van der Waals surface area contributed by atoms with Crippen molar-refractivity contribution in [1.29, 1.82) is 0 Å². The molecule has 1 aromatic carbocycles. The van der Waals surface area contributed by atoms with Crippen LogP contribution in [-0.2, 0) is 11.3 Å². The van der Waals surface area contributed by atoms with Crippen LogP contribution in [0.2, 0.25) is 0 Å². The summed E-state index contributed by atoms with van der Waals surface area (Å²) in [7, 11) is 0. The number of carbonyl (C=O) groups excluding carboxylic acids is 1. The lowest BCUT2D eigenvalue weighted by Gasteiger charge is -2.21. The molecule has 1 aliphatic heterocycles. The van der Waals surface area contributed by atoms with Crippen LogP contribution in [0.15, 0.2) is 41.6 Å². The highest BCUT2D eigenvalue weighted by Gasteiger charge is 2.23. The molecule has 2 aromatic heterocycles. The number of hydrogen-bond acceptors (Lipinski definition) is 7. The monoisotopic (exact) mass is 397 g/mol. The third-order valence-corrected chi connectivity index (χ3v) is 4.28. The zero-order chi connectivity index (χ0) is 20.4. The molecule has 10 heteroatoms. The molecule has 0 saturated heterocycles. The van der Waals surface area contributed by atoms with Crippen molar-refractivity contribution in [3.8, 4) is 17.1 Å². The standard InChI is InChI=1S/C19H16FN5O4/c1-10(18-24-15(6-16(26)25-18)14-2-3-21-8-22-14)23-19(27)13-5-12(20)4-11-7-28-9-29-17(11)13/h2-6,8,10H,7,9H2,1H3,(H,23,27)(H,24,25,26). The van der Waals surface area contributed by atoms with E-state index in [-0.39, 0.29) is 30.5 Å². The Bertz CT molecular complexity index is 1120. The minimum atomic E-state index is -0.671. The summed E-state index contributed by atoms with van der Waals surface area (Å²) in [6, 6.07) is 4.61. The number of nitrogens with one attached hydrogen (secondary N) is 2. The fourth-order valence-electron chi connectivity index (χ4n) is 2.95. The van der Waals surface area contributed by atoms with Gasteiger partial charge in [-0.15, -0.1) is 0 Å². The molecule has 4 rings (SSSR count). The van der Waals surface area contributed by atoms with E-state index in [4.69, 9.17) is 9.47 Å². The summed E-state index contributed by atoms with van der Waals surface area (Å²) in [6.45, 7) is 1.78. The summed E-state index contributed by atoms with van der Waals surface area (Å²) < 4.78 is 24.4. The van der Waals surface area contributed by atoms with Crippen molar-refractivity contribution in [2.75, 3.05) is 6.79 Å². The maximum absolute atomic E-state index is 13.9. The number of amides is 1. The Morgan fingerprint density at radius 3 is 2.97 bits per heavy atom. The molecule has 1 aliphatic rings. The maximum atomic E-state index is 13.9. The quantitative estimate of drug-likeness (QED) is 0.688. The van der Waals surface area contributed by atoms with Gasteiger partial charge < -0.3 is 19.8 Å². The van der Waals surface area contributed by atoms with Crippen molar-refractivity contribution in [3.63, 3.8) is 0 Å². The molecular weight excluding hydrogens is 381 g/mol. The third-order valence-electron chi connectivity index (χ3n) is 4.28. The van der Waals surface area contributed by atoms with Crippen molar-refractivity contribution in [2.24, 2.45) is 0 Å². The second kappa shape index (κ2) is 7.76. The molecule has 0 bridgehead atoms. The van der Waals surface area contributed by atoms with Crippen LogP contribution in [0.3, 0.4) is 0 Å². The number of aromatic amines is 1. The molecular formula is C19H16FN5O4. The van der Waals surface area contributed by atoms with Gasteiger partial charge in [0.15, 0.2) is 6.79 Å². The van der Waals surface area contributed by atoms with Gasteiger partial charge in [-0.2, -0.15) is 0 Å². The topological polar surface area (TPSA) is 119 Å². The van der Waals surface area contributed by atoms with E-state index in [9.17, 15) is 14.0 Å². The molecule has 1 amide bonds. The molecule has 2 N–H and O–H groups in total. The van der Waals surface area contributed by atoms with E-state index < -0.39 is 23.3 Å². The molecule has 1 unspecified atom stereocenters. The number of aromatic nitrogens is 4. The zero-order valence-electron chi connectivity index (χ0n) is 15.3. The second-order valence-corrected chi connectivity index (χ2v) is 6.36. The van der Waals surface area contributed by atoms with Gasteiger partial charge in [0, 0.05) is 17.8 Å². The Morgan fingerprint density at radius 1 is 1.31 bits per heavy atom. The average Bonchev–Trinajstić information content (AvgIpc) is 2.73. The van der Waals surface area contributed by atoms with Gasteiger partial charge in [0.05, 0.1) is 29.6 Å². The summed E-state index contributed by atoms with van der Waals surface area (Å²) in [5, 5.41) is 2.70. The molecule has 0 radical (unpaired) electrons. The van der Waals surface area contributed by atoms with E-state index in [1.165, 1.54) is 24.7 Å². The highest BCUT2D eigenvalue weighted by atomic mass is 19.1. The lowest BCUT2D eigenvalue weighted by atomic mass is 10.1. The molecule has 0 aliphatic carbocycles. The second-order valence-electron chi connectivity index (χ2n) is 6.36. The molecule has 9 nitrogen and oxygen atoms in total. The van der Waals surface area contributed by atoms with Crippen LogP contribution in [-0.4, -0.2) is 32.6 Å². The minimum absolute atomic E-state index is 0.0235. The van der Waals surface area contributed by atoms with Crippen molar-refractivity contribution in [3.05, 3.63) is 69.9 Å². The third kappa shape index (κ3) is 3.97. The van der Waals surface area contributed by atoms with Crippen LogP contribution in [0.4, 0.5) is 4.39 Å². The molecule has 0 spiro atoms. The summed E-state index contributed by atoms with van der Waals surface area (Å²) in [5.74, 6) is -0.634. The van der Waals surface area contributed by atoms with Gasteiger partial charge in [0.1, 0.15) is 23.7 Å². The van der Waals surface area contributed by atoms with Crippen LogP contribution < -0.4 is 15.6 Å². The Balaban J connectivity index is 1.61. The van der Waals surface area contributed by atoms with Crippen LogP contribution in [0.25, 0.3) is 11.4 Å². The van der Waals surface area contributed by atoms with Gasteiger partial charge in [0.25, 0.3) is 11.5 Å². The van der Waals surface area contributed by atoms with Gasteiger partial charge in [-0.1, -0.05) is 0 Å². The smallest absolute Gasteiger partial charge is 0.255 e. The summed E-state index contributed by atoms with van der Waals surface area (Å²) in [5.41, 5.74) is 0.915. The normalized spacial score (nSPS) is 13.9. The lowest BCUT2D eigenvalue weighted by molar-refractivity contribution is -0.0170. The Labute approximate surface area is 164 Å². The number of ether oxygens (including phenoxy) is 2. The molecule has 29 heavy (non-hydrogen) atoms. The highest BCUT2D eigenvalue weighted by molar-refractivity contribution is 5.97. The summed E-state index contributed by atoms with van der Waals surface area (Å²) >= 11 is 0. The van der Waals surface area contributed by atoms with Gasteiger partial charge in [-0.3, -0.25) is 9.59 Å². The van der Waals surface area contributed by atoms with Crippen LogP contribution >= 0.6 is 0 Å². The van der Waals surface area contributed by atoms with Gasteiger partial charge in [-0.05, 0) is 25.1 Å². The molecule has 3 heterocycles. The van der Waals surface area contributed by atoms with E-state index in [2.05, 4.69) is 25.3 Å². The number of benzene rings is 1. The van der Waals surface area contributed by atoms with Crippen molar-refractivity contribution in [1.82, 2.24) is 25.3 Å². The van der Waals surface area contributed by atoms with E-state index in [1.54, 1.807) is 13.0 Å². The van der Waals surface area contributed by atoms with Crippen molar-refractivity contribution in [2.45, 2.75) is 19.6 Å². The van der Waals surface area contributed by atoms with Crippen LogP contribution in [0.1, 0.15) is 34.7 Å². The predicted molar refractivity (Wildman–Crippen MR) is 98.4 cm³/mol. The Hall–Kier alpha value is -3.66. The van der Waals surface area contributed by atoms with Crippen molar-refractivity contribution < 1.29 is 18.7 Å². The van der Waals surface area contributed by atoms with Gasteiger partial charge >= 0.3 is 0 Å². The number of halogens is 1. The molecule has 148 valence electrons. The summed E-state index contributed by atoms with van der Waals surface area (Å²) in [6.07, 6.45) is 2.88. The zero-order valence-corrected chi connectivity index (χ0v) is 15.3. The van der Waals surface area contributed by atoms with Crippen molar-refractivity contribution >= 4 is 5.91 Å². The minimum Gasteiger partial charge on any atom is -0.466 e. The number of carbonyl (C=O) groups is 1. The number of H-pyrrole nitrogens is 1. The number of nitrogens with zero attached hydrogens (tertiary/aromatic N) is 3. The first-order chi connectivity index (χ1) is 14.0. The molecule has 0 saturated carbocycles. The lowest BCUT2D eigenvalue weighted by Crippen LogP contribution is -2.30. The highest BCUT2D eigenvalue weighted by Crippen LogP contribution is 2.29. The average molecular weight is 397 g/mol. The molecule has 3 aromatic rings. The van der Waals surface area contributed by atoms with Crippen LogP contribution in [0, 0.1) is 5.82 Å². The predicted octanol–water partition coefficient (Wildman–Crippen LogP) is 1.72. The van der Waals surface area contributed by atoms with E-state index in [0.29, 0.717) is 17.0 Å². The first-order valence-corrected chi connectivity index (χ1v) is 8.73. The van der Waals surface area contributed by atoms with Gasteiger partial charge in [0.2, 0.25) is 0 Å². The number of fused-ring (bicyclic) bond motifs is 1. The maximum Gasteiger partial charge on any atom is 0.255 e. The first-order valence-electron chi connectivity index (χ1n) is 8.73. The number of rotatable bonds is 4. The van der Waals surface area contributed by atoms with Crippen LogP contribution in [0.5, 0.6) is 5.75 Å². The fraction of sp³-hybridized carbons (Fsp3) is 0.211.